The van der Waals surface area contributed by atoms with Crippen molar-refractivity contribution in [3.05, 3.63) is 48.3 Å². The van der Waals surface area contributed by atoms with Crippen LogP contribution in [0, 0.1) is 0 Å². The molecule has 0 saturated carbocycles. The van der Waals surface area contributed by atoms with Crippen molar-refractivity contribution in [3.8, 4) is 0 Å². The molecule has 2 aromatic rings. The van der Waals surface area contributed by atoms with Crippen LogP contribution in [0.2, 0.25) is 0 Å². The van der Waals surface area contributed by atoms with E-state index in [-0.39, 0.29) is 5.91 Å². The predicted molar refractivity (Wildman–Crippen MR) is 77.3 cm³/mol. The molecule has 21 heavy (non-hydrogen) atoms. The van der Waals surface area contributed by atoms with Crippen LogP contribution in [0.25, 0.3) is 0 Å². The zero-order chi connectivity index (χ0) is 14.7. The number of nitrogens with one attached hydrogen (secondary N) is 1. The third kappa shape index (κ3) is 3.03. The molecule has 1 atom stereocenters. The lowest BCUT2D eigenvalue weighted by atomic mass is 9.98. The maximum absolute atomic E-state index is 12.9. The maximum atomic E-state index is 12.9. The number of carbonyl (C=O) groups excluding carboxylic acids is 1. The number of nitrogens with zero attached hydrogens (tertiary/aromatic N) is 1. The third-order valence-corrected chi connectivity index (χ3v) is 3.98. The van der Waals surface area contributed by atoms with E-state index in [0.29, 0.717) is 13.1 Å². The lowest BCUT2D eigenvalue weighted by Gasteiger charge is -2.31. The second-order valence-corrected chi connectivity index (χ2v) is 5.68. The standard InChI is InChI=1S/C16H20N2O3/c1-16(7-4-8-17-16)15(19)18(11-13-5-2-9-20-13)12-14-6-3-10-21-14/h2-3,5-6,9-10,17H,4,7-8,11-12H2,1H3. The van der Waals surface area contributed by atoms with Crippen LogP contribution in [0.4, 0.5) is 0 Å². The van der Waals surface area contributed by atoms with Gasteiger partial charge in [-0.2, -0.15) is 0 Å². The van der Waals surface area contributed by atoms with E-state index in [2.05, 4.69) is 5.32 Å². The van der Waals surface area contributed by atoms with E-state index in [0.717, 1.165) is 30.9 Å². The van der Waals surface area contributed by atoms with E-state index in [9.17, 15) is 4.79 Å². The summed E-state index contributed by atoms with van der Waals surface area (Å²) in [6.07, 6.45) is 5.14. The fourth-order valence-corrected chi connectivity index (χ4v) is 2.81. The minimum Gasteiger partial charge on any atom is -0.467 e. The molecule has 1 amide bonds. The van der Waals surface area contributed by atoms with Gasteiger partial charge in [0.05, 0.1) is 31.2 Å². The van der Waals surface area contributed by atoms with Crippen LogP contribution in [-0.2, 0) is 17.9 Å². The Kier molecular flexibility index (Phi) is 3.84. The lowest BCUT2D eigenvalue weighted by molar-refractivity contribution is -0.139. The van der Waals surface area contributed by atoms with E-state index < -0.39 is 5.54 Å². The summed E-state index contributed by atoms with van der Waals surface area (Å²) in [5.41, 5.74) is -0.487. The molecule has 1 N–H and O–H groups in total. The summed E-state index contributed by atoms with van der Waals surface area (Å²) in [6, 6.07) is 7.43. The molecule has 3 rings (SSSR count). The van der Waals surface area contributed by atoms with Crippen LogP contribution in [-0.4, -0.2) is 22.9 Å². The van der Waals surface area contributed by atoms with Crippen LogP contribution in [0.15, 0.2) is 45.6 Å². The first-order valence-corrected chi connectivity index (χ1v) is 7.26. The van der Waals surface area contributed by atoms with Gasteiger partial charge in [0, 0.05) is 0 Å². The van der Waals surface area contributed by atoms with Crippen molar-refractivity contribution in [3.63, 3.8) is 0 Å². The second kappa shape index (κ2) is 5.77. The number of rotatable bonds is 5. The monoisotopic (exact) mass is 288 g/mol. The van der Waals surface area contributed by atoms with Crippen LogP contribution in [0.5, 0.6) is 0 Å². The highest BCUT2D eigenvalue weighted by Crippen LogP contribution is 2.23. The Morgan fingerprint density at radius 2 is 1.86 bits per heavy atom. The molecule has 5 nitrogen and oxygen atoms in total. The van der Waals surface area contributed by atoms with Crippen LogP contribution in [0.1, 0.15) is 31.3 Å². The number of carbonyl (C=O) groups is 1. The Hall–Kier alpha value is -2.01. The number of furan rings is 2. The summed E-state index contributed by atoms with van der Waals surface area (Å²) >= 11 is 0. The molecule has 2 aromatic heterocycles. The molecule has 1 aliphatic heterocycles. The van der Waals surface area contributed by atoms with E-state index in [1.807, 2.05) is 31.2 Å². The van der Waals surface area contributed by atoms with E-state index in [1.165, 1.54) is 0 Å². The largest absolute Gasteiger partial charge is 0.467 e. The average Bonchev–Trinajstić information content (AvgIpc) is 3.20. The zero-order valence-electron chi connectivity index (χ0n) is 12.2. The average molecular weight is 288 g/mol. The molecule has 0 aromatic carbocycles. The molecule has 5 heteroatoms. The minimum absolute atomic E-state index is 0.0906. The summed E-state index contributed by atoms with van der Waals surface area (Å²) in [5.74, 6) is 1.64. The quantitative estimate of drug-likeness (QED) is 0.918. The molecule has 1 fully saturated rings. The van der Waals surface area contributed by atoms with Crippen LogP contribution < -0.4 is 5.32 Å². The van der Waals surface area contributed by atoms with Crippen molar-refractivity contribution < 1.29 is 13.6 Å². The summed E-state index contributed by atoms with van der Waals surface area (Å²) in [5, 5.41) is 3.32. The Balaban J connectivity index is 1.79. The zero-order valence-corrected chi connectivity index (χ0v) is 12.2. The van der Waals surface area contributed by atoms with Gasteiger partial charge in [-0.25, -0.2) is 0 Å². The highest BCUT2D eigenvalue weighted by Gasteiger charge is 2.39. The third-order valence-electron chi connectivity index (χ3n) is 3.98. The van der Waals surface area contributed by atoms with Crippen molar-refractivity contribution in [1.82, 2.24) is 10.2 Å². The molecular formula is C16H20N2O3. The molecule has 3 heterocycles. The molecular weight excluding hydrogens is 268 g/mol. The highest BCUT2D eigenvalue weighted by atomic mass is 16.3. The Morgan fingerprint density at radius 1 is 1.24 bits per heavy atom. The smallest absolute Gasteiger partial charge is 0.243 e. The molecule has 0 bridgehead atoms. The van der Waals surface area contributed by atoms with Crippen molar-refractivity contribution in [2.75, 3.05) is 6.54 Å². The lowest BCUT2D eigenvalue weighted by Crippen LogP contribution is -2.52. The van der Waals surface area contributed by atoms with Crippen molar-refractivity contribution in [2.24, 2.45) is 0 Å². The molecule has 0 spiro atoms. The first-order valence-electron chi connectivity index (χ1n) is 7.26. The van der Waals surface area contributed by atoms with E-state index >= 15 is 0 Å². The van der Waals surface area contributed by atoms with Gasteiger partial charge in [0.15, 0.2) is 0 Å². The molecule has 112 valence electrons. The van der Waals surface area contributed by atoms with Gasteiger partial charge >= 0.3 is 0 Å². The Labute approximate surface area is 123 Å². The van der Waals surface area contributed by atoms with Gasteiger partial charge in [-0.3, -0.25) is 4.79 Å². The minimum atomic E-state index is -0.487. The van der Waals surface area contributed by atoms with E-state index in [4.69, 9.17) is 8.83 Å². The van der Waals surface area contributed by atoms with Crippen molar-refractivity contribution in [1.29, 1.82) is 0 Å². The highest BCUT2D eigenvalue weighted by molar-refractivity contribution is 5.86. The SMILES string of the molecule is CC1(C(=O)N(Cc2ccco2)Cc2ccco2)CCCN1. The Morgan fingerprint density at radius 3 is 2.29 bits per heavy atom. The van der Waals surface area contributed by atoms with Gasteiger partial charge in [0.1, 0.15) is 11.5 Å². The van der Waals surface area contributed by atoms with E-state index in [1.54, 1.807) is 17.4 Å². The van der Waals surface area contributed by atoms with Crippen LogP contribution in [0.3, 0.4) is 0 Å². The van der Waals surface area contributed by atoms with Gasteiger partial charge in [0.25, 0.3) is 0 Å². The van der Waals surface area contributed by atoms with Gasteiger partial charge in [-0.05, 0) is 50.6 Å². The summed E-state index contributed by atoms with van der Waals surface area (Å²) in [7, 11) is 0. The summed E-state index contributed by atoms with van der Waals surface area (Å²) < 4.78 is 10.8. The molecule has 1 aliphatic rings. The molecule has 0 aliphatic carbocycles. The predicted octanol–water partition coefficient (Wildman–Crippen LogP) is 2.54. The first kappa shape index (κ1) is 13.9. The first-order chi connectivity index (χ1) is 10.2. The van der Waals surface area contributed by atoms with Gasteiger partial charge in [0.2, 0.25) is 5.91 Å². The summed E-state index contributed by atoms with van der Waals surface area (Å²) in [4.78, 5) is 14.7. The fourth-order valence-electron chi connectivity index (χ4n) is 2.81. The molecule has 0 radical (unpaired) electrons. The normalized spacial score (nSPS) is 21.6. The van der Waals surface area contributed by atoms with Crippen molar-refractivity contribution >= 4 is 5.91 Å². The number of amides is 1. The topological polar surface area (TPSA) is 58.6 Å². The Bertz CT molecular complexity index is 532. The van der Waals surface area contributed by atoms with Crippen LogP contribution >= 0.6 is 0 Å². The number of hydrogen-bond acceptors (Lipinski definition) is 4. The van der Waals surface area contributed by atoms with Gasteiger partial charge in [-0.15, -0.1) is 0 Å². The second-order valence-electron chi connectivity index (χ2n) is 5.68. The molecule has 1 unspecified atom stereocenters. The summed E-state index contributed by atoms with van der Waals surface area (Å²) in [6.45, 7) is 3.75. The maximum Gasteiger partial charge on any atom is 0.243 e. The van der Waals surface area contributed by atoms with Gasteiger partial charge in [-0.1, -0.05) is 0 Å². The van der Waals surface area contributed by atoms with Gasteiger partial charge < -0.3 is 19.1 Å². The molecule has 1 saturated heterocycles. The fraction of sp³-hybridized carbons (Fsp3) is 0.438. The van der Waals surface area contributed by atoms with Crippen molar-refractivity contribution in [2.45, 2.75) is 38.4 Å². The number of hydrogen-bond donors (Lipinski definition) is 1.